The number of para-hydroxylation sites is 1. The standard InChI is InChI=1S/C17H18N3O2P/c1-2-22-23(21,20-17-11-7-4-8-12-17)19-14-16(13-18)15-9-5-3-6-10-15/h3-12,14H,2H2,1H3,(H2,19,20,21)/b16-14+. The van der Waals surface area contributed by atoms with E-state index >= 15 is 0 Å². The molecule has 0 heterocycles. The van der Waals surface area contributed by atoms with Gasteiger partial charge >= 0.3 is 7.67 Å². The molecule has 0 aliphatic rings. The van der Waals surface area contributed by atoms with Gasteiger partial charge in [-0.15, -0.1) is 0 Å². The van der Waals surface area contributed by atoms with Crippen molar-refractivity contribution in [3.8, 4) is 6.07 Å². The number of rotatable bonds is 7. The summed E-state index contributed by atoms with van der Waals surface area (Å²) in [5.41, 5.74) is 1.79. The summed E-state index contributed by atoms with van der Waals surface area (Å²) in [5, 5.41) is 14.9. The van der Waals surface area contributed by atoms with E-state index < -0.39 is 7.67 Å². The van der Waals surface area contributed by atoms with Crippen LogP contribution in [0.2, 0.25) is 0 Å². The van der Waals surface area contributed by atoms with Gasteiger partial charge in [0.05, 0.1) is 12.2 Å². The summed E-state index contributed by atoms with van der Waals surface area (Å²) in [4.78, 5) is 0. The fourth-order valence-corrected chi connectivity index (χ4v) is 3.27. The lowest BCUT2D eigenvalue weighted by Crippen LogP contribution is -2.13. The first-order valence-electron chi connectivity index (χ1n) is 7.18. The highest BCUT2D eigenvalue weighted by Crippen LogP contribution is 2.42. The summed E-state index contributed by atoms with van der Waals surface area (Å²) in [6, 6.07) is 20.4. The number of hydrogen-bond acceptors (Lipinski definition) is 3. The molecule has 6 heteroatoms. The van der Waals surface area contributed by atoms with E-state index in [1.54, 1.807) is 19.1 Å². The molecule has 0 saturated carbocycles. The lowest BCUT2D eigenvalue weighted by molar-refractivity contribution is 0.332. The Morgan fingerprint density at radius 1 is 1.17 bits per heavy atom. The van der Waals surface area contributed by atoms with Crippen LogP contribution in [0, 0.1) is 11.3 Å². The van der Waals surface area contributed by atoms with Crippen molar-refractivity contribution in [2.24, 2.45) is 0 Å². The SMILES string of the molecule is CCOP(=O)(N/C=C(\C#N)c1ccccc1)Nc1ccccc1. The molecule has 2 N–H and O–H groups in total. The van der Waals surface area contributed by atoms with Crippen LogP contribution in [-0.2, 0) is 9.09 Å². The lowest BCUT2D eigenvalue weighted by atomic mass is 10.1. The summed E-state index contributed by atoms with van der Waals surface area (Å²) < 4.78 is 18.2. The average molecular weight is 327 g/mol. The normalized spacial score (nSPS) is 13.7. The van der Waals surface area contributed by atoms with Crippen molar-refractivity contribution in [1.82, 2.24) is 5.09 Å². The number of allylic oxidation sites excluding steroid dienone is 1. The lowest BCUT2D eigenvalue weighted by Gasteiger charge is -2.19. The Labute approximate surface area is 136 Å². The van der Waals surface area contributed by atoms with Gasteiger partial charge in [0.1, 0.15) is 6.07 Å². The van der Waals surface area contributed by atoms with E-state index in [0.29, 0.717) is 11.3 Å². The molecule has 0 aliphatic heterocycles. The third-order valence-electron chi connectivity index (χ3n) is 2.95. The van der Waals surface area contributed by atoms with Gasteiger partial charge in [0.25, 0.3) is 0 Å². The molecule has 2 aromatic rings. The third kappa shape index (κ3) is 5.00. The largest absolute Gasteiger partial charge is 0.391 e. The number of nitriles is 1. The Kier molecular flexibility index (Phi) is 5.99. The highest BCUT2D eigenvalue weighted by atomic mass is 31.2. The molecule has 0 spiro atoms. The van der Waals surface area contributed by atoms with Gasteiger partial charge in [-0.3, -0.25) is 9.61 Å². The van der Waals surface area contributed by atoms with Gasteiger partial charge in [0.2, 0.25) is 0 Å². The van der Waals surface area contributed by atoms with Crippen LogP contribution in [0.25, 0.3) is 5.57 Å². The van der Waals surface area contributed by atoms with Gasteiger partial charge in [-0.2, -0.15) is 5.26 Å². The molecule has 0 aliphatic carbocycles. The van der Waals surface area contributed by atoms with Gasteiger partial charge in [-0.1, -0.05) is 48.5 Å². The Balaban J connectivity index is 2.20. The fraction of sp³-hybridized carbons (Fsp3) is 0.118. The van der Waals surface area contributed by atoms with Crippen molar-refractivity contribution in [3.63, 3.8) is 0 Å². The van der Waals surface area contributed by atoms with E-state index in [1.165, 1.54) is 6.20 Å². The molecule has 1 unspecified atom stereocenters. The first-order valence-corrected chi connectivity index (χ1v) is 8.81. The predicted octanol–water partition coefficient (Wildman–Crippen LogP) is 4.40. The zero-order valence-corrected chi connectivity index (χ0v) is 13.7. The van der Waals surface area contributed by atoms with Crippen molar-refractivity contribution in [1.29, 1.82) is 5.26 Å². The molecule has 0 amide bonds. The van der Waals surface area contributed by atoms with E-state index in [4.69, 9.17) is 4.52 Å². The van der Waals surface area contributed by atoms with Crippen LogP contribution in [0.15, 0.2) is 66.9 Å². The zero-order valence-electron chi connectivity index (χ0n) is 12.8. The molecule has 0 radical (unpaired) electrons. The molecule has 0 saturated heterocycles. The van der Waals surface area contributed by atoms with E-state index in [2.05, 4.69) is 16.2 Å². The number of hydrogen-bond donors (Lipinski definition) is 2. The topological polar surface area (TPSA) is 74.1 Å². The summed E-state index contributed by atoms with van der Waals surface area (Å²) in [6.07, 6.45) is 1.42. The van der Waals surface area contributed by atoms with Crippen LogP contribution in [0.5, 0.6) is 0 Å². The predicted molar refractivity (Wildman–Crippen MR) is 92.5 cm³/mol. The third-order valence-corrected chi connectivity index (χ3v) is 4.59. The Morgan fingerprint density at radius 2 is 1.78 bits per heavy atom. The molecule has 118 valence electrons. The maximum absolute atomic E-state index is 12.8. The van der Waals surface area contributed by atoms with Crippen LogP contribution < -0.4 is 10.2 Å². The highest BCUT2D eigenvalue weighted by Gasteiger charge is 2.21. The molecular weight excluding hydrogens is 309 g/mol. The highest BCUT2D eigenvalue weighted by molar-refractivity contribution is 7.58. The molecule has 0 fully saturated rings. The summed E-state index contributed by atoms with van der Waals surface area (Å²) >= 11 is 0. The smallest absolute Gasteiger partial charge is 0.304 e. The van der Waals surface area contributed by atoms with Gasteiger partial charge in [-0.25, -0.2) is 4.57 Å². The number of nitrogens with one attached hydrogen (secondary N) is 2. The second-order valence-corrected chi connectivity index (χ2v) is 6.46. The molecule has 0 bridgehead atoms. The van der Waals surface area contributed by atoms with Gasteiger partial charge < -0.3 is 5.09 Å². The second kappa shape index (κ2) is 8.19. The molecule has 2 aromatic carbocycles. The van der Waals surface area contributed by atoms with Crippen molar-refractivity contribution in [2.75, 3.05) is 11.7 Å². The minimum atomic E-state index is -3.36. The maximum Gasteiger partial charge on any atom is 0.391 e. The number of benzene rings is 2. The monoisotopic (exact) mass is 327 g/mol. The fourth-order valence-electron chi connectivity index (χ4n) is 1.91. The van der Waals surface area contributed by atoms with E-state index in [1.807, 2.05) is 48.5 Å². The van der Waals surface area contributed by atoms with Crippen LogP contribution in [0.3, 0.4) is 0 Å². The second-order valence-electron chi connectivity index (χ2n) is 4.61. The Hall–Kier alpha value is -2.54. The summed E-state index contributed by atoms with van der Waals surface area (Å²) in [7, 11) is -3.36. The number of anilines is 1. The molecule has 23 heavy (non-hydrogen) atoms. The van der Waals surface area contributed by atoms with E-state index in [0.717, 1.165) is 5.56 Å². The Morgan fingerprint density at radius 3 is 2.35 bits per heavy atom. The van der Waals surface area contributed by atoms with Crippen molar-refractivity contribution in [2.45, 2.75) is 6.92 Å². The molecule has 2 rings (SSSR count). The van der Waals surface area contributed by atoms with Crippen LogP contribution in [0.4, 0.5) is 5.69 Å². The average Bonchev–Trinajstić information content (AvgIpc) is 2.57. The molecular formula is C17H18N3O2P. The minimum Gasteiger partial charge on any atom is -0.304 e. The van der Waals surface area contributed by atoms with Gasteiger partial charge in [-0.05, 0) is 24.6 Å². The van der Waals surface area contributed by atoms with Crippen LogP contribution in [-0.4, -0.2) is 6.61 Å². The minimum absolute atomic E-state index is 0.269. The van der Waals surface area contributed by atoms with Crippen molar-refractivity contribution < 1.29 is 9.09 Å². The van der Waals surface area contributed by atoms with Crippen molar-refractivity contribution >= 4 is 18.9 Å². The van der Waals surface area contributed by atoms with Crippen molar-refractivity contribution in [3.05, 3.63) is 72.4 Å². The molecule has 0 aromatic heterocycles. The quantitative estimate of drug-likeness (QED) is 0.582. The summed E-state index contributed by atoms with van der Waals surface area (Å²) in [5.74, 6) is 0. The first kappa shape index (κ1) is 16.8. The van der Waals surface area contributed by atoms with E-state index in [-0.39, 0.29) is 6.61 Å². The first-order chi connectivity index (χ1) is 11.2. The van der Waals surface area contributed by atoms with E-state index in [9.17, 15) is 9.83 Å². The van der Waals surface area contributed by atoms with Gasteiger partial charge in [0.15, 0.2) is 0 Å². The van der Waals surface area contributed by atoms with Crippen LogP contribution in [0.1, 0.15) is 12.5 Å². The van der Waals surface area contributed by atoms with Gasteiger partial charge in [0, 0.05) is 11.9 Å². The zero-order chi connectivity index (χ0) is 16.5. The molecule has 5 nitrogen and oxygen atoms in total. The maximum atomic E-state index is 12.8. The molecule has 1 atom stereocenters. The summed E-state index contributed by atoms with van der Waals surface area (Å²) in [6.45, 7) is 2.03. The Bertz CT molecular complexity index is 739. The van der Waals surface area contributed by atoms with Crippen LogP contribution >= 0.6 is 7.67 Å². The number of nitrogens with zero attached hydrogens (tertiary/aromatic N) is 1.